The van der Waals surface area contributed by atoms with Crippen molar-refractivity contribution in [2.24, 2.45) is 0 Å². The molecule has 1 N–H and O–H groups in total. The van der Waals surface area contributed by atoms with Crippen LogP contribution in [0.1, 0.15) is 45.5 Å². The van der Waals surface area contributed by atoms with E-state index in [1.807, 2.05) is 24.0 Å². The number of methoxy groups -OCH3 is 1. The van der Waals surface area contributed by atoms with Gasteiger partial charge in [-0.05, 0) is 42.8 Å². The van der Waals surface area contributed by atoms with E-state index in [2.05, 4.69) is 10.2 Å². The molecule has 0 radical (unpaired) electrons. The molecule has 0 saturated carbocycles. The summed E-state index contributed by atoms with van der Waals surface area (Å²) in [6.07, 6.45) is 3.32. The van der Waals surface area contributed by atoms with E-state index in [1.54, 1.807) is 31.5 Å². The number of aromatic nitrogens is 2. The molecule has 2 aromatic carbocycles. The Morgan fingerprint density at radius 3 is 2.80 bits per heavy atom. The van der Waals surface area contributed by atoms with Gasteiger partial charge in [0.1, 0.15) is 17.1 Å². The van der Waals surface area contributed by atoms with Crippen LogP contribution in [0.3, 0.4) is 0 Å². The third-order valence-corrected chi connectivity index (χ3v) is 6.25. The van der Waals surface area contributed by atoms with Crippen LogP contribution in [-0.4, -0.2) is 52.6 Å². The van der Waals surface area contributed by atoms with Crippen molar-refractivity contribution in [3.05, 3.63) is 53.2 Å². The van der Waals surface area contributed by atoms with Gasteiger partial charge in [0.15, 0.2) is 5.78 Å². The minimum Gasteiger partial charge on any atom is -0.497 e. The number of benzene rings is 2. The molecule has 1 amide bonds. The molecule has 1 spiro atoms. The van der Waals surface area contributed by atoms with Gasteiger partial charge in [0.25, 0.3) is 5.91 Å². The molecule has 3 aromatic rings. The molecule has 7 nitrogen and oxygen atoms in total. The maximum absolute atomic E-state index is 13.1. The summed E-state index contributed by atoms with van der Waals surface area (Å²) in [7, 11) is 1.58. The lowest BCUT2D eigenvalue weighted by Crippen LogP contribution is -2.52. The molecule has 0 atom stereocenters. The highest BCUT2D eigenvalue weighted by atomic mass is 16.5. The molecule has 30 heavy (non-hydrogen) atoms. The second kappa shape index (κ2) is 6.86. The fraction of sp³-hybridized carbons (Fsp3) is 0.348. The van der Waals surface area contributed by atoms with Gasteiger partial charge in [-0.2, -0.15) is 5.10 Å². The van der Waals surface area contributed by atoms with E-state index in [-0.39, 0.29) is 11.7 Å². The van der Waals surface area contributed by atoms with Crippen LogP contribution in [0.4, 0.5) is 0 Å². The Morgan fingerprint density at radius 1 is 1.23 bits per heavy atom. The molecule has 5 rings (SSSR count). The van der Waals surface area contributed by atoms with Crippen LogP contribution in [0.2, 0.25) is 0 Å². The third-order valence-electron chi connectivity index (χ3n) is 6.25. The molecule has 2 aliphatic rings. The van der Waals surface area contributed by atoms with E-state index >= 15 is 0 Å². The number of hydrogen-bond acceptors (Lipinski definition) is 5. The first-order chi connectivity index (χ1) is 14.5. The number of hydrogen-bond donors (Lipinski definition) is 1. The Labute approximate surface area is 174 Å². The molecule has 1 aromatic heterocycles. The predicted octanol–water partition coefficient (Wildman–Crippen LogP) is 3.52. The summed E-state index contributed by atoms with van der Waals surface area (Å²) in [6, 6.07) is 9.11. The number of likely N-dealkylation sites (tertiary alicyclic amines) is 1. The lowest BCUT2D eigenvalue weighted by Gasteiger charge is -2.44. The Bertz CT molecular complexity index is 1160. The number of ketones is 1. The number of rotatable bonds is 2. The van der Waals surface area contributed by atoms with Crippen molar-refractivity contribution in [3.63, 3.8) is 0 Å². The highest BCUT2D eigenvalue weighted by Gasteiger charge is 2.43. The molecule has 7 heteroatoms. The summed E-state index contributed by atoms with van der Waals surface area (Å²) in [5.41, 5.74) is 2.64. The number of carbonyl (C=O) groups is 2. The number of nitrogens with one attached hydrogen (secondary N) is 1. The number of Topliss-reactive ketones (excluding diaryl/α,β-unsaturated/α-hetero) is 1. The maximum Gasteiger partial charge on any atom is 0.253 e. The summed E-state index contributed by atoms with van der Waals surface area (Å²) in [4.78, 5) is 27.7. The summed E-state index contributed by atoms with van der Waals surface area (Å²) in [5, 5.41) is 7.95. The second-order valence-corrected chi connectivity index (χ2v) is 8.17. The Hall–Kier alpha value is -3.35. The average Bonchev–Trinajstić information content (AvgIpc) is 3.23. The monoisotopic (exact) mass is 405 g/mol. The maximum atomic E-state index is 13.1. The largest absolute Gasteiger partial charge is 0.497 e. The highest BCUT2D eigenvalue weighted by molar-refractivity contribution is 6.01. The number of piperidine rings is 1. The minimum atomic E-state index is -0.542. The Morgan fingerprint density at radius 2 is 2.03 bits per heavy atom. The predicted molar refractivity (Wildman–Crippen MR) is 111 cm³/mol. The SMILES string of the molecule is COc1ccc2c(c1)C(=O)CC1(CCN(C(=O)c3cc(C)c4[nH]ncc4c3)CC1)O2. The van der Waals surface area contributed by atoms with E-state index in [1.165, 1.54) is 0 Å². The number of aryl methyl sites for hydroxylation is 1. The summed E-state index contributed by atoms with van der Waals surface area (Å²) in [6.45, 7) is 3.08. The molecule has 1 fully saturated rings. The Balaban J connectivity index is 1.33. The fourth-order valence-electron chi connectivity index (χ4n) is 4.54. The Kier molecular flexibility index (Phi) is 4.27. The van der Waals surface area contributed by atoms with E-state index in [4.69, 9.17) is 9.47 Å². The van der Waals surface area contributed by atoms with E-state index in [0.717, 1.165) is 16.5 Å². The molecule has 1 saturated heterocycles. The number of carbonyl (C=O) groups excluding carboxylic acids is 2. The van der Waals surface area contributed by atoms with Crippen molar-refractivity contribution in [3.8, 4) is 11.5 Å². The van der Waals surface area contributed by atoms with Gasteiger partial charge in [-0.3, -0.25) is 14.7 Å². The van der Waals surface area contributed by atoms with Crippen molar-refractivity contribution < 1.29 is 19.1 Å². The van der Waals surface area contributed by atoms with Crippen LogP contribution in [0.25, 0.3) is 10.9 Å². The molecular formula is C23H23N3O4. The molecule has 0 bridgehead atoms. The van der Waals surface area contributed by atoms with Gasteiger partial charge >= 0.3 is 0 Å². The first-order valence-electron chi connectivity index (χ1n) is 10.1. The molecule has 0 unspecified atom stereocenters. The van der Waals surface area contributed by atoms with Crippen molar-refractivity contribution >= 4 is 22.6 Å². The van der Waals surface area contributed by atoms with Gasteiger partial charge in [0.05, 0.1) is 30.8 Å². The van der Waals surface area contributed by atoms with Gasteiger partial charge in [-0.1, -0.05) is 0 Å². The fourth-order valence-corrected chi connectivity index (χ4v) is 4.54. The van der Waals surface area contributed by atoms with E-state index in [9.17, 15) is 9.59 Å². The van der Waals surface area contributed by atoms with Gasteiger partial charge in [0.2, 0.25) is 0 Å². The van der Waals surface area contributed by atoms with Crippen LogP contribution in [-0.2, 0) is 0 Å². The van der Waals surface area contributed by atoms with Gasteiger partial charge in [-0.15, -0.1) is 0 Å². The van der Waals surface area contributed by atoms with E-state index < -0.39 is 5.60 Å². The first kappa shape index (κ1) is 18.7. The second-order valence-electron chi connectivity index (χ2n) is 8.17. The lowest BCUT2D eigenvalue weighted by atomic mass is 9.82. The molecule has 2 aliphatic heterocycles. The first-order valence-corrected chi connectivity index (χ1v) is 10.1. The number of amides is 1. The number of ether oxygens (including phenoxy) is 2. The normalized spacial score (nSPS) is 17.7. The smallest absolute Gasteiger partial charge is 0.253 e. The zero-order chi connectivity index (χ0) is 20.9. The number of aromatic amines is 1. The third kappa shape index (κ3) is 3.01. The quantitative estimate of drug-likeness (QED) is 0.705. The van der Waals surface area contributed by atoms with E-state index in [0.29, 0.717) is 55.0 Å². The van der Waals surface area contributed by atoms with Crippen molar-refractivity contribution in [2.45, 2.75) is 31.8 Å². The minimum absolute atomic E-state index is 0.00308. The average molecular weight is 405 g/mol. The topological polar surface area (TPSA) is 84.5 Å². The molecular weight excluding hydrogens is 382 g/mol. The molecule has 3 heterocycles. The summed E-state index contributed by atoms with van der Waals surface area (Å²) < 4.78 is 11.5. The summed E-state index contributed by atoms with van der Waals surface area (Å²) >= 11 is 0. The van der Waals surface area contributed by atoms with Crippen molar-refractivity contribution in [1.82, 2.24) is 15.1 Å². The van der Waals surface area contributed by atoms with Crippen molar-refractivity contribution in [2.75, 3.05) is 20.2 Å². The number of H-pyrrole nitrogens is 1. The van der Waals surface area contributed by atoms with Crippen LogP contribution in [0, 0.1) is 6.92 Å². The molecule has 0 aliphatic carbocycles. The molecule has 154 valence electrons. The van der Waals surface area contributed by atoms with Crippen molar-refractivity contribution in [1.29, 1.82) is 0 Å². The van der Waals surface area contributed by atoms with Crippen LogP contribution in [0.15, 0.2) is 36.5 Å². The van der Waals surface area contributed by atoms with Crippen LogP contribution in [0.5, 0.6) is 11.5 Å². The zero-order valence-electron chi connectivity index (χ0n) is 17.0. The zero-order valence-corrected chi connectivity index (χ0v) is 17.0. The number of nitrogens with zero attached hydrogens (tertiary/aromatic N) is 2. The summed E-state index contributed by atoms with van der Waals surface area (Å²) in [5.74, 6) is 1.32. The van der Waals surface area contributed by atoms with Crippen LogP contribution >= 0.6 is 0 Å². The highest BCUT2D eigenvalue weighted by Crippen LogP contribution is 2.40. The van der Waals surface area contributed by atoms with Gasteiger partial charge in [0, 0.05) is 36.9 Å². The lowest BCUT2D eigenvalue weighted by molar-refractivity contribution is -0.00576. The van der Waals surface area contributed by atoms with Crippen LogP contribution < -0.4 is 9.47 Å². The number of fused-ring (bicyclic) bond motifs is 2. The standard InChI is InChI=1S/C23H23N3O4/c1-14-9-15(10-16-13-24-25-21(14)16)22(28)26-7-5-23(6-8-26)12-19(27)18-11-17(29-2)3-4-20(18)30-23/h3-4,9-11,13H,5-8,12H2,1-2H3,(H,24,25). The van der Waals surface area contributed by atoms with Gasteiger partial charge < -0.3 is 14.4 Å². The van der Waals surface area contributed by atoms with Gasteiger partial charge in [-0.25, -0.2) is 0 Å².